The van der Waals surface area contributed by atoms with Gasteiger partial charge in [-0.1, -0.05) is 51.7 Å². The maximum atomic E-state index is 12.4. The highest BCUT2D eigenvalue weighted by molar-refractivity contribution is 5.77. The summed E-state index contributed by atoms with van der Waals surface area (Å²) in [7, 11) is 0. The maximum absolute atomic E-state index is 12.4. The van der Waals surface area contributed by atoms with E-state index in [4.69, 9.17) is 4.74 Å². The Labute approximate surface area is 208 Å². The summed E-state index contributed by atoms with van der Waals surface area (Å²) in [5.74, 6) is 0.643. The monoisotopic (exact) mass is 467 g/mol. The molecule has 2 rings (SSSR count). The first kappa shape index (κ1) is 31.0. The van der Waals surface area contributed by atoms with Crippen molar-refractivity contribution >= 4 is 17.5 Å². The summed E-state index contributed by atoms with van der Waals surface area (Å²) in [6, 6.07) is 0. The first-order chi connectivity index (χ1) is 16.4. The third kappa shape index (κ3) is 8.44. The predicted molar refractivity (Wildman–Crippen MR) is 147 cm³/mol. The van der Waals surface area contributed by atoms with Crippen molar-refractivity contribution < 1.29 is 9.53 Å². The number of carbonyl (C=O) groups is 1. The van der Waals surface area contributed by atoms with Gasteiger partial charge in [-0.3, -0.25) is 4.79 Å². The van der Waals surface area contributed by atoms with E-state index in [0.29, 0.717) is 12.6 Å². The molecular weight excluding hydrogens is 422 g/mol. The molecule has 1 aliphatic heterocycles. The number of anilines is 1. The summed E-state index contributed by atoms with van der Waals surface area (Å²) >= 11 is 0. The molecule has 0 aromatic carbocycles. The van der Waals surface area contributed by atoms with Crippen molar-refractivity contribution in [2.75, 3.05) is 24.6 Å². The van der Waals surface area contributed by atoms with Gasteiger partial charge in [-0.25, -0.2) is 9.97 Å². The van der Waals surface area contributed by atoms with Crippen LogP contribution in [0.2, 0.25) is 0 Å². The molecule has 0 spiro atoms. The van der Waals surface area contributed by atoms with Crippen LogP contribution in [0, 0.1) is 5.41 Å². The summed E-state index contributed by atoms with van der Waals surface area (Å²) in [6.45, 7) is 26.0. The fourth-order valence-corrected chi connectivity index (χ4v) is 3.75. The minimum Gasteiger partial charge on any atom is -0.466 e. The molecule has 5 heteroatoms. The minimum atomic E-state index is -0.373. The average Bonchev–Trinajstić information content (AvgIpc) is 2.90. The molecule has 188 valence electrons. The van der Waals surface area contributed by atoms with E-state index >= 15 is 0 Å². The third-order valence-electron chi connectivity index (χ3n) is 5.92. The van der Waals surface area contributed by atoms with Gasteiger partial charge in [-0.05, 0) is 63.7 Å². The number of nitrogens with zero attached hydrogens (tertiary/aromatic N) is 3. The van der Waals surface area contributed by atoms with Crippen molar-refractivity contribution in [2.24, 2.45) is 5.41 Å². The van der Waals surface area contributed by atoms with Crippen LogP contribution in [0.15, 0.2) is 67.6 Å². The Kier molecular flexibility index (Phi) is 15.2. The van der Waals surface area contributed by atoms with Crippen LogP contribution in [0.4, 0.5) is 5.95 Å². The van der Waals surface area contributed by atoms with Crippen LogP contribution >= 0.6 is 0 Å². The van der Waals surface area contributed by atoms with Crippen LogP contribution in [-0.2, 0) is 9.53 Å². The molecule has 0 atom stereocenters. The lowest BCUT2D eigenvalue weighted by atomic mass is 9.76. The van der Waals surface area contributed by atoms with Gasteiger partial charge in [0.25, 0.3) is 0 Å². The van der Waals surface area contributed by atoms with E-state index in [2.05, 4.69) is 60.6 Å². The molecule has 2 heterocycles. The SMILES string of the molecule is C=C.C=C(/C=C\C)/C(C)=C/C(=C\C)c1cnc(N2CCC(CC)(C(=O)OCC)CC2)nc1.CC. The van der Waals surface area contributed by atoms with E-state index in [9.17, 15) is 4.79 Å². The second-order valence-corrected chi connectivity index (χ2v) is 7.71. The molecular formula is C29H45N3O2. The largest absolute Gasteiger partial charge is 0.466 e. The zero-order valence-electron chi connectivity index (χ0n) is 22.5. The van der Waals surface area contributed by atoms with E-state index < -0.39 is 0 Å². The van der Waals surface area contributed by atoms with Crippen LogP contribution in [0.25, 0.3) is 5.57 Å². The van der Waals surface area contributed by atoms with Crippen molar-refractivity contribution in [3.63, 3.8) is 0 Å². The van der Waals surface area contributed by atoms with Crippen molar-refractivity contribution in [3.8, 4) is 0 Å². The summed E-state index contributed by atoms with van der Waals surface area (Å²) in [5.41, 5.74) is 3.76. The Balaban J connectivity index is 0.00000258. The van der Waals surface area contributed by atoms with E-state index in [1.807, 2.05) is 59.2 Å². The van der Waals surface area contributed by atoms with Crippen LogP contribution in [0.1, 0.15) is 73.3 Å². The molecule has 34 heavy (non-hydrogen) atoms. The number of allylic oxidation sites excluding steroid dienone is 7. The van der Waals surface area contributed by atoms with Crippen molar-refractivity contribution in [1.82, 2.24) is 9.97 Å². The van der Waals surface area contributed by atoms with E-state index in [-0.39, 0.29) is 11.4 Å². The predicted octanol–water partition coefficient (Wildman–Crippen LogP) is 7.35. The van der Waals surface area contributed by atoms with E-state index in [0.717, 1.165) is 54.6 Å². The Morgan fingerprint density at radius 2 is 1.71 bits per heavy atom. The van der Waals surface area contributed by atoms with Crippen molar-refractivity contribution in [2.45, 2.75) is 67.7 Å². The zero-order chi connectivity index (χ0) is 26.1. The molecule has 0 bridgehead atoms. The lowest BCUT2D eigenvalue weighted by Crippen LogP contribution is -2.45. The summed E-state index contributed by atoms with van der Waals surface area (Å²) in [6.07, 6.45) is 14.2. The molecule has 1 aromatic heterocycles. The molecule has 0 unspecified atom stereocenters. The molecule has 5 nitrogen and oxygen atoms in total. The number of rotatable bonds is 8. The molecule has 1 saturated heterocycles. The van der Waals surface area contributed by atoms with Crippen LogP contribution < -0.4 is 4.90 Å². The number of piperidine rings is 1. The van der Waals surface area contributed by atoms with Crippen molar-refractivity contribution in [3.05, 3.63) is 73.1 Å². The molecule has 0 amide bonds. The van der Waals surface area contributed by atoms with Crippen LogP contribution in [-0.4, -0.2) is 35.6 Å². The average molecular weight is 468 g/mol. The molecule has 1 aliphatic rings. The van der Waals surface area contributed by atoms with Gasteiger partial charge < -0.3 is 9.64 Å². The number of esters is 1. The molecule has 1 aromatic rings. The minimum absolute atomic E-state index is 0.0668. The number of hydrogen-bond acceptors (Lipinski definition) is 5. The maximum Gasteiger partial charge on any atom is 0.312 e. The van der Waals surface area contributed by atoms with Gasteiger partial charge in [0.1, 0.15) is 0 Å². The zero-order valence-corrected chi connectivity index (χ0v) is 22.5. The first-order valence-electron chi connectivity index (χ1n) is 12.3. The summed E-state index contributed by atoms with van der Waals surface area (Å²) in [4.78, 5) is 23.8. The van der Waals surface area contributed by atoms with Gasteiger partial charge in [0.2, 0.25) is 5.95 Å². The normalized spacial score (nSPS) is 15.6. The molecule has 1 fully saturated rings. The standard InChI is InChI=1S/C25H35N3O2.C2H6.C2H4/c1-7-11-19(5)20(6)16-21(8-2)22-17-26-24(27-18-22)28-14-12-25(9-3,13-15-28)23(29)30-10-4;2*1-2/h7-8,11,16-18H,5,9-10,12-15H2,1-4,6H3;1-2H3;1-2H2/b11-7-,20-16+,21-8+;;. The second kappa shape index (κ2) is 16.6. The van der Waals surface area contributed by atoms with Crippen molar-refractivity contribution in [1.29, 1.82) is 0 Å². The quantitative estimate of drug-likeness (QED) is 0.227. The fraction of sp³-hybridized carbons (Fsp3) is 0.483. The number of hydrogen-bond donors (Lipinski definition) is 0. The van der Waals surface area contributed by atoms with Gasteiger partial charge in [0.05, 0.1) is 12.0 Å². The molecule has 0 radical (unpaired) electrons. The fourth-order valence-electron chi connectivity index (χ4n) is 3.75. The molecule has 0 aliphatic carbocycles. The lowest BCUT2D eigenvalue weighted by Gasteiger charge is -2.39. The van der Waals surface area contributed by atoms with E-state index in [1.165, 1.54) is 0 Å². The first-order valence-corrected chi connectivity index (χ1v) is 12.3. The van der Waals surface area contributed by atoms with Gasteiger partial charge in [-0.15, -0.1) is 13.2 Å². The second-order valence-electron chi connectivity index (χ2n) is 7.71. The Hall–Kier alpha value is -2.95. The highest BCUT2D eigenvalue weighted by atomic mass is 16.5. The summed E-state index contributed by atoms with van der Waals surface area (Å²) in [5, 5.41) is 0. The molecule has 0 saturated carbocycles. The summed E-state index contributed by atoms with van der Waals surface area (Å²) < 4.78 is 5.32. The highest BCUT2D eigenvalue weighted by Crippen LogP contribution is 2.37. The molecule has 0 N–H and O–H groups in total. The van der Waals surface area contributed by atoms with Gasteiger partial charge in [-0.2, -0.15) is 0 Å². The topological polar surface area (TPSA) is 55.3 Å². The highest BCUT2D eigenvalue weighted by Gasteiger charge is 2.41. The van der Waals surface area contributed by atoms with Gasteiger partial charge in [0.15, 0.2) is 0 Å². The Bertz CT molecular complexity index is 843. The Morgan fingerprint density at radius 3 is 2.15 bits per heavy atom. The number of carbonyl (C=O) groups excluding carboxylic acids is 1. The van der Waals surface area contributed by atoms with E-state index in [1.54, 1.807) is 0 Å². The smallest absolute Gasteiger partial charge is 0.312 e. The third-order valence-corrected chi connectivity index (χ3v) is 5.92. The van der Waals surface area contributed by atoms with Gasteiger partial charge >= 0.3 is 5.97 Å². The van der Waals surface area contributed by atoms with Crippen LogP contribution in [0.3, 0.4) is 0 Å². The Morgan fingerprint density at radius 1 is 1.15 bits per heavy atom. The number of aromatic nitrogens is 2. The van der Waals surface area contributed by atoms with Crippen LogP contribution in [0.5, 0.6) is 0 Å². The lowest BCUT2D eigenvalue weighted by molar-refractivity contribution is -0.157. The van der Waals surface area contributed by atoms with Gasteiger partial charge in [0, 0.05) is 31.0 Å². The number of ether oxygens (including phenoxy) is 1.